The van der Waals surface area contributed by atoms with Gasteiger partial charge in [0, 0.05) is 7.11 Å². The molecule has 1 aromatic rings. The second-order valence-electron chi connectivity index (χ2n) is 2.13. The van der Waals surface area contributed by atoms with Crippen molar-refractivity contribution in [3.8, 4) is 5.75 Å². The van der Waals surface area contributed by atoms with Gasteiger partial charge < -0.3 is 15.2 Å². The molecule has 0 atom stereocenters. The van der Waals surface area contributed by atoms with Crippen LogP contribution in [0.2, 0.25) is 0 Å². The first-order valence-corrected chi connectivity index (χ1v) is 3.35. The number of ether oxygens (including phenoxy) is 1. The quantitative estimate of drug-likeness (QED) is 0.509. The number of aromatic hydroxyl groups is 1. The average molecular weight is 153 g/mol. The SMILES string of the molecule is COCNc1ccccc1O. The van der Waals surface area contributed by atoms with Crippen LogP contribution >= 0.6 is 0 Å². The fourth-order valence-corrected chi connectivity index (χ4v) is 0.773. The lowest BCUT2D eigenvalue weighted by atomic mass is 10.3. The van der Waals surface area contributed by atoms with Gasteiger partial charge >= 0.3 is 0 Å². The van der Waals surface area contributed by atoms with Crippen molar-refractivity contribution >= 4 is 5.69 Å². The number of phenolic OH excluding ortho intramolecular Hbond substituents is 1. The molecule has 0 bridgehead atoms. The van der Waals surface area contributed by atoms with Crippen molar-refractivity contribution in [1.29, 1.82) is 0 Å². The third-order valence-electron chi connectivity index (χ3n) is 1.31. The minimum absolute atomic E-state index is 0.240. The highest BCUT2D eigenvalue weighted by Crippen LogP contribution is 2.20. The maximum atomic E-state index is 9.22. The highest BCUT2D eigenvalue weighted by Gasteiger charge is 1.95. The Hall–Kier alpha value is -1.22. The van der Waals surface area contributed by atoms with Crippen molar-refractivity contribution < 1.29 is 9.84 Å². The number of rotatable bonds is 3. The van der Waals surface area contributed by atoms with E-state index < -0.39 is 0 Å². The molecule has 1 rings (SSSR count). The predicted octanol–water partition coefficient (Wildman–Crippen LogP) is 1.41. The normalized spacial score (nSPS) is 9.55. The zero-order valence-electron chi connectivity index (χ0n) is 6.37. The fraction of sp³-hybridized carbons (Fsp3) is 0.250. The molecule has 0 aliphatic heterocycles. The van der Waals surface area contributed by atoms with Gasteiger partial charge in [0.05, 0.1) is 5.69 Å². The lowest BCUT2D eigenvalue weighted by molar-refractivity contribution is 0.221. The summed E-state index contributed by atoms with van der Waals surface area (Å²) < 4.78 is 4.78. The number of phenols is 1. The van der Waals surface area contributed by atoms with Crippen molar-refractivity contribution in [2.24, 2.45) is 0 Å². The fourth-order valence-electron chi connectivity index (χ4n) is 0.773. The van der Waals surface area contributed by atoms with Gasteiger partial charge in [0.15, 0.2) is 0 Å². The van der Waals surface area contributed by atoms with Crippen LogP contribution in [0.4, 0.5) is 5.69 Å². The summed E-state index contributed by atoms with van der Waals surface area (Å²) in [4.78, 5) is 0. The van der Waals surface area contributed by atoms with Gasteiger partial charge in [0.2, 0.25) is 0 Å². The largest absolute Gasteiger partial charge is 0.506 e. The number of benzene rings is 1. The molecule has 0 unspecified atom stereocenters. The van der Waals surface area contributed by atoms with Gasteiger partial charge in [-0.1, -0.05) is 12.1 Å². The smallest absolute Gasteiger partial charge is 0.138 e. The Morgan fingerprint density at radius 1 is 1.45 bits per heavy atom. The Morgan fingerprint density at radius 2 is 2.18 bits per heavy atom. The molecule has 2 N–H and O–H groups in total. The molecular weight excluding hydrogens is 142 g/mol. The minimum atomic E-state index is 0.240. The molecule has 0 saturated carbocycles. The molecule has 0 spiro atoms. The van der Waals surface area contributed by atoms with Crippen molar-refractivity contribution in [3.05, 3.63) is 24.3 Å². The first-order chi connectivity index (χ1) is 5.34. The lowest BCUT2D eigenvalue weighted by Gasteiger charge is -2.05. The Kier molecular flexibility index (Phi) is 2.74. The van der Waals surface area contributed by atoms with Crippen molar-refractivity contribution in [2.75, 3.05) is 19.2 Å². The molecule has 0 aromatic heterocycles. The van der Waals surface area contributed by atoms with Gasteiger partial charge in [-0.3, -0.25) is 0 Å². The highest BCUT2D eigenvalue weighted by molar-refractivity contribution is 5.54. The number of hydrogen-bond donors (Lipinski definition) is 2. The van der Waals surface area contributed by atoms with Crippen LogP contribution in [0.25, 0.3) is 0 Å². The monoisotopic (exact) mass is 153 g/mol. The number of nitrogens with one attached hydrogen (secondary N) is 1. The highest BCUT2D eigenvalue weighted by atomic mass is 16.5. The summed E-state index contributed by atoms with van der Waals surface area (Å²) in [5, 5.41) is 12.1. The number of para-hydroxylation sites is 2. The second kappa shape index (κ2) is 3.83. The third-order valence-corrected chi connectivity index (χ3v) is 1.31. The van der Waals surface area contributed by atoms with E-state index in [4.69, 9.17) is 4.74 Å². The molecule has 0 fully saturated rings. The molecule has 3 nitrogen and oxygen atoms in total. The van der Waals surface area contributed by atoms with Crippen molar-refractivity contribution in [2.45, 2.75) is 0 Å². The van der Waals surface area contributed by atoms with Crippen molar-refractivity contribution in [3.63, 3.8) is 0 Å². The number of hydrogen-bond acceptors (Lipinski definition) is 3. The van der Waals surface area contributed by atoms with Crippen LogP contribution in [0.3, 0.4) is 0 Å². The molecule has 11 heavy (non-hydrogen) atoms. The van der Waals surface area contributed by atoms with Crippen LogP contribution in [0, 0.1) is 0 Å². The second-order valence-corrected chi connectivity index (χ2v) is 2.13. The van der Waals surface area contributed by atoms with E-state index in [0.29, 0.717) is 12.4 Å². The average Bonchev–Trinajstić information content (AvgIpc) is 2.03. The molecule has 0 aliphatic carbocycles. The van der Waals surface area contributed by atoms with E-state index in [9.17, 15) is 5.11 Å². The van der Waals surface area contributed by atoms with Gasteiger partial charge in [0.1, 0.15) is 12.5 Å². The first kappa shape index (κ1) is 7.88. The Morgan fingerprint density at radius 3 is 2.82 bits per heavy atom. The maximum Gasteiger partial charge on any atom is 0.138 e. The van der Waals surface area contributed by atoms with Crippen LogP contribution in [-0.4, -0.2) is 18.9 Å². The van der Waals surface area contributed by atoms with E-state index >= 15 is 0 Å². The van der Waals surface area contributed by atoms with Gasteiger partial charge in [-0.2, -0.15) is 0 Å². The summed E-state index contributed by atoms with van der Waals surface area (Å²) >= 11 is 0. The zero-order chi connectivity index (χ0) is 8.10. The Bertz CT molecular complexity index is 225. The molecule has 3 heteroatoms. The van der Waals surface area contributed by atoms with E-state index in [1.165, 1.54) is 0 Å². The van der Waals surface area contributed by atoms with Gasteiger partial charge in [-0.05, 0) is 12.1 Å². The Labute approximate surface area is 65.6 Å². The molecule has 0 aliphatic rings. The van der Waals surface area contributed by atoms with Crippen LogP contribution < -0.4 is 5.32 Å². The third kappa shape index (κ3) is 2.13. The topological polar surface area (TPSA) is 41.5 Å². The lowest BCUT2D eigenvalue weighted by Crippen LogP contribution is -2.02. The van der Waals surface area contributed by atoms with Crippen LogP contribution in [0.15, 0.2) is 24.3 Å². The van der Waals surface area contributed by atoms with Crippen LogP contribution in [0.5, 0.6) is 5.75 Å². The molecule has 60 valence electrons. The Balaban J connectivity index is 2.62. The van der Waals surface area contributed by atoms with Crippen LogP contribution in [0.1, 0.15) is 0 Å². The first-order valence-electron chi connectivity index (χ1n) is 3.35. The molecule has 0 radical (unpaired) electrons. The molecular formula is C8H11NO2. The summed E-state index contributed by atoms with van der Waals surface area (Å²) in [6.45, 7) is 0.400. The maximum absolute atomic E-state index is 9.22. The van der Waals surface area contributed by atoms with E-state index in [-0.39, 0.29) is 5.75 Å². The van der Waals surface area contributed by atoms with Gasteiger partial charge in [-0.25, -0.2) is 0 Å². The predicted molar refractivity (Wildman–Crippen MR) is 43.6 cm³/mol. The van der Waals surface area contributed by atoms with Crippen LogP contribution in [-0.2, 0) is 4.74 Å². The van der Waals surface area contributed by atoms with Crippen molar-refractivity contribution in [1.82, 2.24) is 0 Å². The molecule has 0 heterocycles. The van der Waals surface area contributed by atoms with E-state index in [1.54, 1.807) is 25.3 Å². The summed E-state index contributed by atoms with van der Waals surface area (Å²) in [7, 11) is 1.59. The number of methoxy groups -OCH3 is 1. The van der Waals surface area contributed by atoms with E-state index in [1.807, 2.05) is 6.07 Å². The van der Waals surface area contributed by atoms with Gasteiger partial charge in [-0.15, -0.1) is 0 Å². The standard InChI is InChI=1S/C8H11NO2/c1-11-6-9-7-4-2-3-5-8(7)10/h2-5,9-10H,6H2,1H3. The zero-order valence-corrected chi connectivity index (χ0v) is 6.37. The summed E-state index contributed by atoms with van der Waals surface area (Å²) in [6.07, 6.45) is 0. The summed E-state index contributed by atoms with van der Waals surface area (Å²) in [5.41, 5.74) is 0.689. The van der Waals surface area contributed by atoms with Gasteiger partial charge in [0.25, 0.3) is 0 Å². The minimum Gasteiger partial charge on any atom is -0.506 e. The summed E-state index contributed by atoms with van der Waals surface area (Å²) in [5.74, 6) is 0.240. The molecule has 1 aromatic carbocycles. The molecule has 0 saturated heterocycles. The number of anilines is 1. The van der Waals surface area contributed by atoms with E-state index in [2.05, 4.69) is 5.32 Å². The van der Waals surface area contributed by atoms with E-state index in [0.717, 1.165) is 0 Å². The molecule has 0 amide bonds. The summed E-state index contributed by atoms with van der Waals surface area (Å²) in [6, 6.07) is 7.03.